The smallest absolute Gasteiger partial charge is 0.248 e. The summed E-state index contributed by atoms with van der Waals surface area (Å²) >= 11 is 0. The molecule has 3 aromatic rings. The van der Waals surface area contributed by atoms with Gasteiger partial charge in [-0.05, 0) is 42.8 Å². The van der Waals surface area contributed by atoms with Gasteiger partial charge in [0.15, 0.2) is 11.5 Å². The Morgan fingerprint density at radius 1 is 1.00 bits per heavy atom. The number of ether oxygens (including phenoxy) is 3. The van der Waals surface area contributed by atoms with Crippen LogP contribution >= 0.6 is 0 Å². The van der Waals surface area contributed by atoms with Gasteiger partial charge >= 0.3 is 0 Å². The zero-order valence-corrected chi connectivity index (χ0v) is 14.2. The van der Waals surface area contributed by atoms with Crippen molar-refractivity contribution in [3.05, 3.63) is 53.7 Å². The van der Waals surface area contributed by atoms with Gasteiger partial charge < -0.3 is 19.9 Å². The van der Waals surface area contributed by atoms with Gasteiger partial charge in [0.25, 0.3) is 0 Å². The molecule has 0 bridgehead atoms. The summed E-state index contributed by atoms with van der Waals surface area (Å²) < 4.78 is 16.6. The van der Waals surface area contributed by atoms with Crippen molar-refractivity contribution >= 4 is 16.8 Å². The topological polar surface area (TPSA) is 83.7 Å². The molecule has 0 saturated heterocycles. The molecule has 0 fully saturated rings. The highest BCUT2D eigenvalue weighted by atomic mass is 16.5. The van der Waals surface area contributed by atoms with Gasteiger partial charge in [0.1, 0.15) is 11.5 Å². The number of hydrogen-bond donors (Lipinski definition) is 1. The quantitative estimate of drug-likeness (QED) is 0.770. The van der Waals surface area contributed by atoms with Crippen molar-refractivity contribution in [1.29, 1.82) is 0 Å². The van der Waals surface area contributed by atoms with E-state index >= 15 is 0 Å². The molecule has 0 spiro atoms. The fraction of sp³-hybridized carbons (Fsp3) is 0.158. The lowest BCUT2D eigenvalue weighted by atomic mass is 10.1. The molecule has 1 aromatic heterocycles. The number of rotatable bonds is 5. The Hall–Kier alpha value is -3.28. The molecular weight excluding hydrogens is 320 g/mol. The second-order valence-corrected chi connectivity index (χ2v) is 5.48. The molecule has 0 atom stereocenters. The minimum absolute atomic E-state index is 0.463. The average Bonchev–Trinajstić information content (AvgIpc) is 2.60. The van der Waals surface area contributed by atoms with Crippen LogP contribution in [-0.4, -0.2) is 25.1 Å². The zero-order chi connectivity index (χ0) is 18.0. The lowest BCUT2D eigenvalue weighted by Crippen LogP contribution is -2.12. The molecule has 0 aliphatic heterocycles. The van der Waals surface area contributed by atoms with E-state index in [9.17, 15) is 4.79 Å². The van der Waals surface area contributed by atoms with Crippen LogP contribution in [0.2, 0.25) is 0 Å². The fourth-order valence-electron chi connectivity index (χ4n) is 2.64. The highest BCUT2D eigenvalue weighted by molar-refractivity contribution is 5.94. The number of carbonyl (C=O) groups is 1. The van der Waals surface area contributed by atoms with Crippen LogP contribution in [0.15, 0.2) is 42.6 Å². The number of methoxy groups -OCH3 is 2. The molecule has 0 radical (unpaired) electrons. The van der Waals surface area contributed by atoms with Gasteiger partial charge in [-0.15, -0.1) is 0 Å². The molecular formula is C19H18N2O4. The van der Waals surface area contributed by atoms with Gasteiger partial charge in [-0.2, -0.15) is 0 Å². The third kappa shape index (κ3) is 3.19. The molecule has 1 amide bonds. The predicted octanol–water partition coefficient (Wildman–Crippen LogP) is 3.45. The number of aromatic nitrogens is 1. The van der Waals surface area contributed by atoms with Crippen molar-refractivity contribution in [3.63, 3.8) is 0 Å². The summed E-state index contributed by atoms with van der Waals surface area (Å²) in [5, 5.41) is 0.789. The first kappa shape index (κ1) is 16.6. The van der Waals surface area contributed by atoms with Crippen molar-refractivity contribution in [1.82, 2.24) is 4.98 Å². The molecule has 25 heavy (non-hydrogen) atoms. The number of amides is 1. The number of fused-ring (bicyclic) bond motifs is 1. The number of hydrogen-bond acceptors (Lipinski definition) is 5. The Labute approximate surface area is 145 Å². The van der Waals surface area contributed by atoms with Gasteiger partial charge in [0.05, 0.1) is 19.7 Å². The summed E-state index contributed by atoms with van der Waals surface area (Å²) in [7, 11) is 3.15. The number of primary amides is 1. The molecule has 0 unspecified atom stereocenters. The van der Waals surface area contributed by atoms with Gasteiger partial charge in [-0.3, -0.25) is 9.78 Å². The SMILES string of the molecule is COc1cc2nccc(Oc3ccc(C(N)=O)c(C)c3)c2cc1OC. The van der Waals surface area contributed by atoms with E-state index in [1.807, 2.05) is 13.0 Å². The second-order valence-electron chi connectivity index (χ2n) is 5.48. The van der Waals surface area contributed by atoms with Gasteiger partial charge in [0, 0.05) is 23.2 Å². The second kappa shape index (κ2) is 6.68. The summed E-state index contributed by atoms with van der Waals surface area (Å²) in [6.45, 7) is 1.81. The summed E-state index contributed by atoms with van der Waals surface area (Å²) in [5.74, 6) is 1.95. The molecule has 3 rings (SSSR count). The number of aryl methyl sites for hydroxylation is 1. The molecule has 0 aliphatic rings. The van der Waals surface area contributed by atoms with Crippen LogP contribution in [0.25, 0.3) is 10.9 Å². The predicted molar refractivity (Wildman–Crippen MR) is 94.6 cm³/mol. The Kier molecular flexibility index (Phi) is 4.43. The molecule has 2 aromatic carbocycles. The largest absolute Gasteiger partial charge is 0.493 e. The third-order valence-corrected chi connectivity index (χ3v) is 3.90. The number of nitrogens with zero attached hydrogens (tertiary/aromatic N) is 1. The Morgan fingerprint density at radius 3 is 2.36 bits per heavy atom. The number of benzene rings is 2. The van der Waals surface area contributed by atoms with Crippen LogP contribution in [-0.2, 0) is 0 Å². The third-order valence-electron chi connectivity index (χ3n) is 3.90. The van der Waals surface area contributed by atoms with E-state index < -0.39 is 5.91 Å². The first-order chi connectivity index (χ1) is 12.0. The standard InChI is InChI=1S/C19H18N2O4/c1-11-8-12(4-5-13(11)19(20)22)25-16-6-7-21-15-10-18(24-3)17(23-2)9-14(15)16/h4-10H,1-3H3,(H2,20,22). The highest BCUT2D eigenvalue weighted by Crippen LogP contribution is 2.37. The summed E-state index contributed by atoms with van der Waals surface area (Å²) in [4.78, 5) is 15.7. The minimum Gasteiger partial charge on any atom is -0.493 e. The monoisotopic (exact) mass is 338 g/mol. The van der Waals surface area contributed by atoms with Crippen LogP contribution in [0.1, 0.15) is 15.9 Å². The summed E-state index contributed by atoms with van der Waals surface area (Å²) in [6, 6.07) is 10.5. The van der Waals surface area contributed by atoms with E-state index in [0.717, 1.165) is 16.5 Å². The van der Waals surface area contributed by atoms with Crippen LogP contribution in [0, 0.1) is 6.92 Å². The highest BCUT2D eigenvalue weighted by Gasteiger charge is 2.12. The normalized spacial score (nSPS) is 10.5. The van der Waals surface area contributed by atoms with E-state index in [2.05, 4.69) is 4.98 Å². The fourth-order valence-corrected chi connectivity index (χ4v) is 2.64. The van der Waals surface area contributed by atoms with E-state index in [0.29, 0.717) is 28.6 Å². The van der Waals surface area contributed by atoms with Crippen molar-refractivity contribution in [2.24, 2.45) is 5.73 Å². The molecule has 0 saturated carbocycles. The van der Waals surface area contributed by atoms with E-state index in [1.165, 1.54) is 0 Å². The van der Waals surface area contributed by atoms with E-state index in [1.54, 1.807) is 50.7 Å². The molecule has 6 heteroatoms. The first-order valence-electron chi connectivity index (χ1n) is 7.62. The van der Waals surface area contributed by atoms with Crippen molar-refractivity contribution in [2.75, 3.05) is 14.2 Å². The average molecular weight is 338 g/mol. The first-order valence-corrected chi connectivity index (χ1v) is 7.62. The zero-order valence-electron chi connectivity index (χ0n) is 14.2. The van der Waals surface area contributed by atoms with Crippen LogP contribution in [0.3, 0.4) is 0 Å². The Balaban J connectivity index is 2.04. The summed E-state index contributed by atoms with van der Waals surface area (Å²) in [6.07, 6.45) is 1.66. The van der Waals surface area contributed by atoms with Crippen LogP contribution in [0.4, 0.5) is 0 Å². The molecule has 1 heterocycles. The number of nitrogens with two attached hydrogens (primary N) is 1. The van der Waals surface area contributed by atoms with E-state index in [4.69, 9.17) is 19.9 Å². The number of carbonyl (C=O) groups excluding carboxylic acids is 1. The maximum Gasteiger partial charge on any atom is 0.248 e. The molecule has 6 nitrogen and oxygen atoms in total. The maximum atomic E-state index is 11.3. The van der Waals surface area contributed by atoms with Gasteiger partial charge in [-0.25, -0.2) is 0 Å². The van der Waals surface area contributed by atoms with Crippen molar-refractivity contribution < 1.29 is 19.0 Å². The van der Waals surface area contributed by atoms with E-state index in [-0.39, 0.29) is 0 Å². The van der Waals surface area contributed by atoms with Crippen LogP contribution < -0.4 is 19.9 Å². The lowest BCUT2D eigenvalue weighted by molar-refractivity contribution is 0.0999. The molecule has 0 aliphatic carbocycles. The molecule has 128 valence electrons. The lowest BCUT2D eigenvalue weighted by Gasteiger charge is -2.13. The molecule has 2 N–H and O–H groups in total. The number of pyridine rings is 1. The minimum atomic E-state index is -0.463. The Morgan fingerprint density at radius 2 is 1.72 bits per heavy atom. The van der Waals surface area contributed by atoms with Crippen molar-refractivity contribution in [2.45, 2.75) is 6.92 Å². The van der Waals surface area contributed by atoms with Crippen molar-refractivity contribution in [3.8, 4) is 23.0 Å². The maximum absolute atomic E-state index is 11.3. The Bertz CT molecular complexity index is 954. The van der Waals surface area contributed by atoms with Crippen LogP contribution in [0.5, 0.6) is 23.0 Å². The van der Waals surface area contributed by atoms with Gasteiger partial charge in [0.2, 0.25) is 5.91 Å². The van der Waals surface area contributed by atoms with Gasteiger partial charge in [-0.1, -0.05) is 0 Å². The summed E-state index contributed by atoms with van der Waals surface area (Å²) in [5.41, 5.74) is 7.28.